The third-order valence-electron chi connectivity index (χ3n) is 2.54. The Kier molecular flexibility index (Phi) is 5.49. The van der Waals surface area contributed by atoms with E-state index in [1.54, 1.807) is 6.07 Å². The number of nitrogens with two attached hydrogens (primary N) is 1. The highest BCUT2D eigenvalue weighted by Crippen LogP contribution is 2.21. The Morgan fingerprint density at radius 3 is 2.82 bits per heavy atom. The molecule has 0 radical (unpaired) electrons. The van der Waals surface area contributed by atoms with Gasteiger partial charge in [0.25, 0.3) is 0 Å². The molecule has 0 fully saturated rings. The van der Waals surface area contributed by atoms with Gasteiger partial charge in [-0.1, -0.05) is 31.3 Å². The van der Waals surface area contributed by atoms with Crippen LogP contribution in [0.4, 0.5) is 4.39 Å². The van der Waals surface area contributed by atoms with E-state index in [-0.39, 0.29) is 11.7 Å². The predicted octanol–water partition coefficient (Wildman–Crippen LogP) is 2.94. The largest absolute Gasteiger partial charge is 0.393 e. The molecule has 0 heterocycles. The Morgan fingerprint density at radius 1 is 1.59 bits per heavy atom. The fourth-order valence-corrected chi connectivity index (χ4v) is 2.05. The molecule has 1 aromatic carbocycles. The first-order valence-corrected chi connectivity index (χ1v) is 6.52. The zero-order valence-electron chi connectivity index (χ0n) is 9.91. The fourth-order valence-electron chi connectivity index (χ4n) is 1.58. The van der Waals surface area contributed by atoms with Gasteiger partial charge >= 0.3 is 0 Å². The van der Waals surface area contributed by atoms with Crippen LogP contribution in [0.1, 0.15) is 12.5 Å². The lowest BCUT2D eigenvalue weighted by molar-refractivity contribution is 0.306. The van der Waals surface area contributed by atoms with Crippen molar-refractivity contribution in [1.29, 1.82) is 0 Å². The van der Waals surface area contributed by atoms with E-state index in [1.165, 1.54) is 6.07 Å². The minimum atomic E-state index is -0.238. The number of nitrogens with zero attached hydrogens (tertiary/aromatic N) is 1. The van der Waals surface area contributed by atoms with Crippen molar-refractivity contribution in [3.05, 3.63) is 34.1 Å². The van der Waals surface area contributed by atoms with E-state index in [4.69, 9.17) is 18.0 Å². The molecule has 0 saturated carbocycles. The summed E-state index contributed by atoms with van der Waals surface area (Å²) in [6.45, 7) is 3.41. The molecule has 2 N–H and O–H groups in total. The highest BCUT2D eigenvalue weighted by atomic mass is 79.9. The second kappa shape index (κ2) is 6.42. The van der Waals surface area contributed by atoms with Gasteiger partial charge in [-0.2, -0.15) is 0 Å². The average Bonchev–Trinajstić information content (AvgIpc) is 2.24. The van der Waals surface area contributed by atoms with Gasteiger partial charge in [-0.3, -0.25) is 0 Å². The second-order valence-electron chi connectivity index (χ2n) is 4.21. The Balaban J connectivity index is 2.65. The van der Waals surface area contributed by atoms with Crippen molar-refractivity contribution >= 4 is 33.1 Å². The molecular weight excluding hydrogens is 303 g/mol. The molecule has 0 spiro atoms. The number of thiocarbonyl (C=S) groups is 1. The summed E-state index contributed by atoms with van der Waals surface area (Å²) in [6.07, 6.45) is 0. The van der Waals surface area contributed by atoms with Crippen molar-refractivity contribution in [1.82, 2.24) is 4.90 Å². The van der Waals surface area contributed by atoms with Crippen LogP contribution in [0.5, 0.6) is 0 Å². The third kappa shape index (κ3) is 4.33. The Morgan fingerprint density at radius 2 is 2.24 bits per heavy atom. The zero-order valence-corrected chi connectivity index (χ0v) is 12.3. The lowest BCUT2D eigenvalue weighted by Crippen LogP contribution is -2.31. The van der Waals surface area contributed by atoms with E-state index in [0.717, 1.165) is 12.1 Å². The van der Waals surface area contributed by atoms with E-state index in [2.05, 4.69) is 20.8 Å². The smallest absolute Gasteiger partial charge is 0.137 e. The SMILES string of the molecule is CC(CN(C)Cc1cccc(F)c1Br)C(N)=S. The molecule has 0 saturated heterocycles. The standard InChI is InChI=1S/C12H16BrFN2S/c1-8(12(15)17)6-16(2)7-9-4-3-5-10(14)11(9)13/h3-5,8H,6-7H2,1-2H3,(H2,15,17). The van der Waals surface area contributed by atoms with Gasteiger partial charge in [-0.15, -0.1) is 0 Å². The molecule has 0 aromatic heterocycles. The Bertz CT molecular complexity index is 411. The quantitative estimate of drug-likeness (QED) is 0.846. The number of benzene rings is 1. The van der Waals surface area contributed by atoms with Crippen molar-refractivity contribution in [3.63, 3.8) is 0 Å². The minimum absolute atomic E-state index is 0.155. The monoisotopic (exact) mass is 318 g/mol. The summed E-state index contributed by atoms with van der Waals surface area (Å²) in [4.78, 5) is 2.58. The van der Waals surface area contributed by atoms with E-state index >= 15 is 0 Å². The highest BCUT2D eigenvalue weighted by Gasteiger charge is 2.11. The second-order valence-corrected chi connectivity index (χ2v) is 5.48. The van der Waals surface area contributed by atoms with Crippen LogP contribution in [0.3, 0.4) is 0 Å². The number of hydrogen-bond acceptors (Lipinski definition) is 2. The molecule has 0 aliphatic carbocycles. The molecule has 94 valence electrons. The van der Waals surface area contributed by atoms with Crippen LogP contribution in [-0.4, -0.2) is 23.5 Å². The van der Waals surface area contributed by atoms with Crippen LogP contribution in [0, 0.1) is 11.7 Å². The molecule has 1 unspecified atom stereocenters. The van der Waals surface area contributed by atoms with Gasteiger partial charge in [0.15, 0.2) is 0 Å². The molecule has 1 rings (SSSR count). The van der Waals surface area contributed by atoms with Crippen LogP contribution >= 0.6 is 28.1 Å². The zero-order chi connectivity index (χ0) is 13.0. The number of halogens is 2. The van der Waals surface area contributed by atoms with Crippen LogP contribution in [0.25, 0.3) is 0 Å². The van der Waals surface area contributed by atoms with Gasteiger partial charge in [0.1, 0.15) is 5.82 Å². The molecule has 1 aromatic rings. The van der Waals surface area contributed by atoms with Gasteiger partial charge < -0.3 is 10.6 Å². The van der Waals surface area contributed by atoms with Crippen LogP contribution in [0.2, 0.25) is 0 Å². The molecular formula is C12H16BrFN2S. The van der Waals surface area contributed by atoms with Gasteiger partial charge in [-0.05, 0) is 34.6 Å². The molecule has 5 heteroatoms. The van der Waals surface area contributed by atoms with Crippen molar-refractivity contribution in [3.8, 4) is 0 Å². The van der Waals surface area contributed by atoms with Gasteiger partial charge in [0, 0.05) is 19.0 Å². The highest BCUT2D eigenvalue weighted by molar-refractivity contribution is 9.10. The van der Waals surface area contributed by atoms with E-state index in [9.17, 15) is 4.39 Å². The molecule has 1 atom stereocenters. The van der Waals surface area contributed by atoms with Crippen LogP contribution in [0.15, 0.2) is 22.7 Å². The average molecular weight is 319 g/mol. The number of rotatable bonds is 5. The first kappa shape index (κ1) is 14.5. The summed E-state index contributed by atoms with van der Waals surface area (Å²) < 4.78 is 13.8. The summed E-state index contributed by atoms with van der Waals surface area (Å²) >= 11 is 8.18. The summed E-state index contributed by atoms with van der Waals surface area (Å²) in [6, 6.07) is 5.04. The summed E-state index contributed by atoms with van der Waals surface area (Å²) in [5.41, 5.74) is 6.49. The summed E-state index contributed by atoms with van der Waals surface area (Å²) in [5.74, 6) is -0.0828. The minimum Gasteiger partial charge on any atom is -0.393 e. The van der Waals surface area contributed by atoms with Crippen molar-refractivity contribution in [2.75, 3.05) is 13.6 Å². The maximum atomic E-state index is 13.3. The summed E-state index contributed by atoms with van der Waals surface area (Å²) in [5, 5.41) is 0. The molecule has 2 nitrogen and oxygen atoms in total. The first-order chi connectivity index (χ1) is 7.91. The molecule has 0 aliphatic rings. The first-order valence-electron chi connectivity index (χ1n) is 5.32. The molecule has 0 bridgehead atoms. The summed E-state index contributed by atoms with van der Waals surface area (Å²) in [7, 11) is 1.96. The molecule has 0 amide bonds. The molecule has 0 aliphatic heterocycles. The topological polar surface area (TPSA) is 29.3 Å². The van der Waals surface area contributed by atoms with Gasteiger partial charge in [-0.25, -0.2) is 4.39 Å². The van der Waals surface area contributed by atoms with Crippen molar-refractivity contribution in [2.24, 2.45) is 11.7 Å². The fraction of sp³-hybridized carbons (Fsp3) is 0.417. The normalized spacial score (nSPS) is 12.8. The van der Waals surface area contributed by atoms with Crippen molar-refractivity contribution < 1.29 is 4.39 Å². The van der Waals surface area contributed by atoms with Crippen LogP contribution in [-0.2, 0) is 6.54 Å². The van der Waals surface area contributed by atoms with Crippen molar-refractivity contribution in [2.45, 2.75) is 13.5 Å². The van der Waals surface area contributed by atoms with E-state index < -0.39 is 0 Å². The van der Waals surface area contributed by atoms with E-state index in [0.29, 0.717) is 16.0 Å². The Labute approximate surface area is 115 Å². The maximum absolute atomic E-state index is 13.3. The maximum Gasteiger partial charge on any atom is 0.137 e. The Hall–Kier alpha value is -0.520. The number of hydrogen-bond donors (Lipinski definition) is 1. The van der Waals surface area contributed by atoms with Gasteiger partial charge in [0.2, 0.25) is 0 Å². The third-order valence-corrected chi connectivity index (χ3v) is 3.83. The van der Waals surface area contributed by atoms with Gasteiger partial charge in [0.05, 0.1) is 9.46 Å². The van der Waals surface area contributed by atoms with Crippen LogP contribution < -0.4 is 5.73 Å². The lowest BCUT2D eigenvalue weighted by Gasteiger charge is -2.21. The lowest BCUT2D eigenvalue weighted by atomic mass is 10.1. The molecule has 17 heavy (non-hydrogen) atoms. The predicted molar refractivity (Wildman–Crippen MR) is 76.4 cm³/mol. The van der Waals surface area contributed by atoms with E-state index in [1.807, 2.05) is 20.0 Å².